The number of ether oxygens (including phenoxy) is 1. The molecule has 7 nitrogen and oxygen atoms in total. The minimum absolute atomic E-state index is 0.0330. The van der Waals surface area contributed by atoms with E-state index in [9.17, 15) is 0 Å². The van der Waals surface area contributed by atoms with Crippen LogP contribution in [-0.4, -0.2) is 25.6 Å². The number of amidine groups is 1. The number of nitrogens with zero attached hydrogens (tertiary/aromatic N) is 4. The number of rotatable bonds is 3. The van der Waals surface area contributed by atoms with Gasteiger partial charge < -0.3 is 10.5 Å². The maximum absolute atomic E-state index is 7.37. The van der Waals surface area contributed by atoms with E-state index in [1.165, 1.54) is 11.0 Å². The predicted octanol–water partition coefficient (Wildman–Crippen LogP) is 0.595. The van der Waals surface area contributed by atoms with Gasteiger partial charge in [-0.25, -0.2) is 4.98 Å². The zero-order valence-electron chi connectivity index (χ0n) is 9.51. The number of aryl methyl sites for hydroxylation is 2. The molecule has 17 heavy (non-hydrogen) atoms. The summed E-state index contributed by atoms with van der Waals surface area (Å²) in [5.41, 5.74) is 6.68. The van der Waals surface area contributed by atoms with Gasteiger partial charge >= 0.3 is 6.01 Å². The third-order valence-corrected chi connectivity index (χ3v) is 2.02. The van der Waals surface area contributed by atoms with Crippen molar-refractivity contribution >= 4 is 5.84 Å². The zero-order valence-corrected chi connectivity index (χ0v) is 9.51. The SMILES string of the molecule is Cc1cc(C(=N)N)cc(Oc2ncn(C)n2)n1. The van der Waals surface area contributed by atoms with Crippen molar-refractivity contribution in [2.24, 2.45) is 12.8 Å². The number of hydrogen-bond donors (Lipinski definition) is 2. The zero-order chi connectivity index (χ0) is 12.4. The van der Waals surface area contributed by atoms with Crippen LogP contribution in [0.1, 0.15) is 11.3 Å². The van der Waals surface area contributed by atoms with Crippen LogP contribution in [-0.2, 0) is 7.05 Å². The molecule has 0 saturated carbocycles. The molecule has 0 atom stereocenters. The average molecular weight is 232 g/mol. The summed E-state index contributed by atoms with van der Waals surface area (Å²) in [6.45, 7) is 1.80. The lowest BCUT2D eigenvalue weighted by atomic mass is 10.2. The van der Waals surface area contributed by atoms with Gasteiger partial charge in [-0.05, 0) is 13.0 Å². The van der Waals surface area contributed by atoms with Gasteiger partial charge in [0.1, 0.15) is 12.2 Å². The molecule has 3 N–H and O–H groups in total. The van der Waals surface area contributed by atoms with Gasteiger partial charge in [-0.3, -0.25) is 10.1 Å². The molecular formula is C10H12N6O. The standard InChI is InChI=1S/C10H12N6O/c1-6-3-7(9(11)12)4-8(14-6)17-10-13-5-16(2)15-10/h3-5H,1-2H3,(H3,11,12). The van der Waals surface area contributed by atoms with Gasteiger partial charge in [-0.1, -0.05) is 0 Å². The highest BCUT2D eigenvalue weighted by atomic mass is 16.5. The topological polar surface area (TPSA) is 103 Å². The molecule has 0 aliphatic rings. The van der Waals surface area contributed by atoms with Crippen molar-refractivity contribution in [1.82, 2.24) is 19.7 Å². The number of nitrogens with two attached hydrogens (primary N) is 1. The molecule has 7 heteroatoms. The minimum Gasteiger partial charge on any atom is -0.404 e. The molecule has 0 radical (unpaired) electrons. The number of nitrogens with one attached hydrogen (secondary N) is 1. The van der Waals surface area contributed by atoms with E-state index in [0.29, 0.717) is 17.1 Å². The van der Waals surface area contributed by atoms with Crippen molar-refractivity contribution in [3.8, 4) is 11.9 Å². The molecule has 0 fully saturated rings. The Morgan fingerprint density at radius 2 is 2.24 bits per heavy atom. The lowest BCUT2D eigenvalue weighted by Crippen LogP contribution is -2.11. The first-order valence-electron chi connectivity index (χ1n) is 4.91. The second-order valence-corrected chi connectivity index (χ2v) is 3.55. The molecule has 0 bridgehead atoms. The fourth-order valence-electron chi connectivity index (χ4n) is 1.31. The molecule has 88 valence electrons. The van der Waals surface area contributed by atoms with E-state index in [2.05, 4.69) is 15.1 Å². The Hall–Kier alpha value is -2.44. The van der Waals surface area contributed by atoms with Crippen LogP contribution in [0.5, 0.6) is 11.9 Å². The normalized spacial score (nSPS) is 10.2. The van der Waals surface area contributed by atoms with Crippen molar-refractivity contribution in [3.63, 3.8) is 0 Å². The number of hydrogen-bond acceptors (Lipinski definition) is 5. The summed E-state index contributed by atoms with van der Waals surface area (Å²) in [5.74, 6) is 0.288. The quantitative estimate of drug-likeness (QED) is 0.595. The summed E-state index contributed by atoms with van der Waals surface area (Å²) in [6.07, 6.45) is 1.52. The first-order valence-corrected chi connectivity index (χ1v) is 4.91. The van der Waals surface area contributed by atoms with Crippen LogP contribution in [0.15, 0.2) is 18.5 Å². The largest absolute Gasteiger partial charge is 0.404 e. The molecule has 0 saturated heterocycles. The maximum atomic E-state index is 7.37. The van der Waals surface area contributed by atoms with E-state index in [0.717, 1.165) is 0 Å². The maximum Gasteiger partial charge on any atom is 0.342 e. The average Bonchev–Trinajstić information content (AvgIpc) is 2.63. The summed E-state index contributed by atoms with van der Waals surface area (Å²) in [6, 6.07) is 3.49. The Kier molecular flexibility index (Phi) is 2.73. The summed E-state index contributed by atoms with van der Waals surface area (Å²) in [5, 5.41) is 11.3. The van der Waals surface area contributed by atoms with Gasteiger partial charge in [-0.15, -0.1) is 5.10 Å². The van der Waals surface area contributed by atoms with Crippen molar-refractivity contribution in [2.75, 3.05) is 0 Å². The summed E-state index contributed by atoms with van der Waals surface area (Å²) in [4.78, 5) is 8.08. The van der Waals surface area contributed by atoms with Crippen LogP contribution in [0, 0.1) is 12.3 Å². The molecule has 0 aliphatic carbocycles. The number of pyridine rings is 1. The Labute approximate surface area is 97.8 Å². The summed E-state index contributed by atoms with van der Waals surface area (Å²) < 4.78 is 6.89. The second kappa shape index (κ2) is 4.20. The van der Waals surface area contributed by atoms with Crippen LogP contribution in [0.2, 0.25) is 0 Å². The van der Waals surface area contributed by atoms with E-state index in [-0.39, 0.29) is 11.8 Å². The lowest BCUT2D eigenvalue weighted by molar-refractivity contribution is 0.421. The van der Waals surface area contributed by atoms with Gasteiger partial charge in [0.05, 0.1) is 0 Å². The van der Waals surface area contributed by atoms with Gasteiger partial charge in [0.2, 0.25) is 5.88 Å². The first-order chi connectivity index (χ1) is 8.04. The third kappa shape index (κ3) is 2.57. The molecular weight excluding hydrogens is 220 g/mol. The molecule has 0 amide bonds. The van der Waals surface area contributed by atoms with E-state index < -0.39 is 0 Å². The van der Waals surface area contributed by atoms with Gasteiger partial charge in [0.25, 0.3) is 0 Å². The van der Waals surface area contributed by atoms with Gasteiger partial charge in [-0.2, -0.15) is 4.98 Å². The Balaban J connectivity index is 2.29. The van der Waals surface area contributed by atoms with Crippen LogP contribution in [0.25, 0.3) is 0 Å². The number of aromatic nitrogens is 4. The third-order valence-electron chi connectivity index (χ3n) is 2.02. The molecule has 0 unspecified atom stereocenters. The minimum atomic E-state index is -0.0330. The van der Waals surface area contributed by atoms with Crippen LogP contribution in [0.4, 0.5) is 0 Å². The molecule has 2 aromatic heterocycles. The molecule has 0 aliphatic heterocycles. The van der Waals surface area contributed by atoms with E-state index in [4.69, 9.17) is 15.9 Å². The van der Waals surface area contributed by atoms with Gasteiger partial charge in [0, 0.05) is 24.4 Å². The lowest BCUT2D eigenvalue weighted by Gasteiger charge is -2.04. The first kappa shape index (κ1) is 11.1. The Morgan fingerprint density at radius 3 is 2.82 bits per heavy atom. The molecule has 2 heterocycles. The van der Waals surface area contributed by atoms with Crippen molar-refractivity contribution in [3.05, 3.63) is 29.7 Å². The summed E-state index contributed by atoms with van der Waals surface area (Å²) >= 11 is 0. The van der Waals surface area contributed by atoms with Crippen molar-refractivity contribution < 1.29 is 4.74 Å². The van der Waals surface area contributed by atoms with E-state index in [1.54, 1.807) is 26.1 Å². The monoisotopic (exact) mass is 232 g/mol. The van der Waals surface area contributed by atoms with Crippen LogP contribution >= 0.6 is 0 Å². The second-order valence-electron chi connectivity index (χ2n) is 3.55. The highest BCUT2D eigenvalue weighted by molar-refractivity contribution is 5.95. The fraction of sp³-hybridized carbons (Fsp3) is 0.200. The summed E-state index contributed by atoms with van der Waals surface area (Å²) in [7, 11) is 1.74. The highest BCUT2D eigenvalue weighted by Gasteiger charge is 2.07. The smallest absolute Gasteiger partial charge is 0.342 e. The molecule has 2 rings (SSSR count). The highest BCUT2D eigenvalue weighted by Crippen LogP contribution is 2.17. The Morgan fingerprint density at radius 1 is 1.47 bits per heavy atom. The van der Waals surface area contributed by atoms with Crippen molar-refractivity contribution in [2.45, 2.75) is 6.92 Å². The van der Waals surface area contributed by atoms with E-state index in [1.807, 2.05) is 0 Å². The fourth-order valence-corrected chi connectivity index (χ4v) is 1.31. The number of nitrogen functional groups attached to an aromatic ring is 1. The van der Waals surface area contributed by atoms with Crippen LogP contribution < -0.4 is 10.5 Å². The van der Waals surface area contributed by atoms with Gasteiger partial charge in [0.15, 0.2) is 0 Å². The predicted molar refractivity (Wildman–Crippen MR) is 61.1 cm³/mol. The van der Waals surface area contributed by atoms with E-state index >= 15 is 0 Å². The molecule has 2 aromatic rings. The van der Waals surface area contributed by atoms with Crippen molar-refractivity contribution in [1.29, 1.82) is 5.41 Å². The molecule has 0 spiro atoms. The Bertz CT molecular complexity index is 562. The molecule has 0 aromatic carbocycles. The van der Waals surface area contributed by atoms with Crippen LogP contribution in [0.3, 0.4) is 0 Å².